The quantitative estimate of drug-likeness (QED) is 0.503. The second-order valence-electron chi connectivity index (χ2n) is 7.39. The van der Waals surface area contributed by atoms with Crippen molar-refractivity contribution >= 4 is 27.8 Å². The molecule has 0 saturated carbocycles. The third-order valence-electron chi connectivity index (χ3n) is 5.27. The van der Waals surface area contributed by atoms with Crippen molar-refractivity contribution in [2.24, 2.45) is 0 Å². The predicted molar refractivity (Wildman–Crippen MR) is 123 cm³/mol. The lowest BCUT2D eigenvalue weighted by atomic mass is 9.95. The van der Waals surface area contributed by atoms with Crippen LogP contribution in [0.1, 0.15) is 29.7 Å². The number of fused-ring (bicyclic) bond motifs is 1. The van der Waals surface area contributed by atoms with Gasteiger partial charge in [-0.05, 0) is 53.0 Å². The molecule has 0 unspecified atom stereocenters. The zero-order valence-electron chi connectivity index (χ0n) is 18.2. The Morgan fingerprint density at radius 2 is 1.94 bits per heavy atom. The zero-order chi connectivity index (χ0) is 22.8. The normalized spacial score (nSPS) is 15.1. The van der Waals surface area contributed by atoms with E-state index >= 15 is 0 Å². The number of carbonyl (C=O) groups excluding carboxylic acids is 1. The van der Waals surface area contributed by atoms with Gasteiger partial charge in [0.25, 0.3) is 0 Å². The lowest BCUT2D eigenvalue weighted by Crippen LogP contribution is -2.29. The van der Waals surface area contributed by atoms with Gasteiger partial charge in [-0.15, -0.1) is 0 Å². The van der Waals surface area contributed by atoms with Gasteiger partial charge in [0, 0.05) is 5.70 Å². The summed E-state index contributed by atoms with van der Waals surface area (Å²) in [6.07, 6.45) is 1.44. The van der Waals surface area contributed by atoms with Crippen LogP contribution in [0.4, 0.5) is 5.95 Å². The largest absolute Gasteiger partial charge is 0.493 e. The maximum Gasteiger partial charge on any atom is 0.338 e. The smallest absolute Gasteiger partial charge is 0.338 e. The first-order valence-corrected chi connectivity index (χ1v) is 10.7. The van der Waals surface area contributed by atoms with Crippen molar-refractivity contribution in [3.8, 4) is 11.5 Å². The van der Waals surface area contributed by atoms with Gasteiger partial charge in [0.05, 0.1) is 24.3 Å². The molecule has 8 nitrogen and oxygen atoms in total. The molecule has 3 aromatic rings. The summed E-state index contributed by atoms with van der Waals surface area (Å²) in [5, 5.41) is 7.42. The minimum atomic E-state index is -0.544. The summed E-state index contributed by atoms with van der Waals surface area (Å²) >= 11 is 3.61. The Balaban J connectivity index is 1.73. The van der Waals surface area contributed by atoms with Gasteiger partial charge in [-0.1, -0.05) is 29.8 Å². The number of methoxy groups -OCH3 is 2. The highest BCUT2D eigenvalue weighted by Crippen LogP contribution is 2.43. The van der Waals surface area contributed by atoms with Crippen LogP contribution in [0.25, 0.3) is 0 Å². The van der Waals surface area contributed by atoms with Gasteiger partial charge in [-0.25, -0.2) is 9.48 Å². The lowest BCUT2D eigenvalue weighted by Gasteiger charge is -2.28. The Labute approximate surface area is 194 Å². The maximum atomic E-state index is 12.6. The van der Waals surface area contributed by atoms with Gasteiger partial charge in [0.2, 0.25) is 5.95 Å². The molecule has 4 rings (SSSR count). The number of nitrogens with one attached hydrogen (secondary N) is 1. The van der Waals surface area contributed by atoms with Crippen LogP contribution >= 0.6 is 15.9 Å². The Morgan fingerprint density at radius 3 is 2.62 bits per heavy atom. The molecule has 1 aromatic heterocycles. The maximum absolute atomic E-state index is 12.6. The van der Waals surface area contributed by atoms with E-state index in [4.69, 9.17) is 14.2 Å². The van der Waals surface area contributed by atoms with E-state index < -0.39 is 12.0 Å². The van der Waals surface area contributed by atoms with E-state index in [0.29, 0.717) is 39.8 Å². The third-order valence-corrected chi connectivity index (χ3v) is 5.86. The van der Waals surface area contributed by atoms with Gasteiger partial charge in [-0.3, -0.25) is 0 Å². The average Bonchev–Trinajstić information content (AvgIpc) is 3.25. The van der Waals surface area contributed by atoms with Crippen LogP contribution in [0.2, 0.25) is 0 Å². The molecule has 0 radical (unpaired) electrons. The number of aryl methyl sites for hydroxylation is 1. The number of aromatic nitrogens is 3. The van der Waals surface area contributed by atoms with Gasteiger partial charge >= 0.3 is 5.97 Å². The molecule has 9 heteroatoms. The van der Waals surface area contributed by atoms with Crippen molar-refractivity contribution in [2.75, 3.05) is 19.5 Å². The van der Waals surface area contributed by atoms with E-state index in [1.54, 1.807) is 11.8 Å². The molecule has 2 heterocycles. The first-order chi connectivity index (χ1) is 15.4. The minimum Gasteiger partial charge on any atom is -0.493 e. The summed E-state index contributed by atoms with van der Waals surface area (Å²) in [7, 11) is 2.94. The molecular weight excluding hydrogens is 476 g/mol. The summed E-state index contributed by atoms with van der Waals surface area (Å²) in [5.74, 6) is 1.19. The Morgan fingerprint density at radius 1 is 1.19 bits per heavy atom. The first kappa shape index (κ1) is 21.9. The number of esters is 1. The average molecular weight is 499 g/mol. The zero-order valence-corrected chi connectivity index (χ0v) is 19.8. The van der Waals surface area contributed by atoms with Crippen LogP contribution in [-0.2, 0) is 16.1 Å². The van der Waals surface area contributed by atoms with Crippen molar-refractivity contribution in [2.45, 2.75) is 26.5 Å². The fourth-order valence-electron chi connectivity index (χ4n) is 3.65. The van der Waals surface area contributed by atoms with Crippen LogP contribution in [-0.4, -0.2) is 35.0 Å². The molecule has 0 spiro atoms. The number of nitrogens with zero attached hydrogens (tertiary/aromatic N) is 3. The van der Waals surface area contributed by atoms with E-state index in [9.17, 15) is 4.79 Å². The highest BCUT2D eigenvalue weighted by molar-refractivity contribution is 9.10. The van der Waals surface area contributed by atoms with Crippen LogP contribution in [0.5, 0.6) is 11.5 Å². The SMILES string of the molecule is COC(=O)C1=C(C)Nc2ncnn2[C@@H]1c1cc(Br)c(OCc2ccc(C)cc2)c(OC)c1. The number of carbonyl (C=O) groups is 1. The van der Waals surface area contributed by atoms with E-state index in [0.717, 1.165) is 11.1 Å². The number of benzene rings is 2. The monoisotopic (exact) mass is 498 g/mol. The fraction of sp³-hybridized carbons (Fsp3) is 0.261. The van der Waals surface area contributed by atoms with Crippen LogP contribution < -0.4 is 14.8 Å². The summed E-state index contributed by atoms with van der Waals surface area (Å²) in [6.45, 7) is 4.24. The molecule has 1 N–H and O–H groups in total. The molecule has 0 bridgehead atoms. The van der Waals surface area contributed by atoms with E-state index in [2.05, 4.69) is 31.3 Å². The van der Waals surface area contributed by atoms with Crippen LogP contribution in [0, 0.1) is 6.92 Å². The van der Waals surface area contributed by atoms with Crippen molar-refractivity contribution < 1.29 is 19.0 Å². The third kappa shape index (κ3) is 4.08. The molecule has 0 saturated heterocycles. The Bertz CT molecular complexity index is 1190. The van der Waals surface area contributed by atoms with Crippen molar-refractivity contribution in [1.82, 2.24) is 14.8 Å². The van der Waals surface area contributed by atoms with E-state index in [1.807, 2.05) is 50.2 Å². The highest BCUT2D eigenvalue weighted by atomic mass is 79.9. The second kappa shape index (κ2) is 9.04. The minimum absolute atomic E-state index is 0.390. The molecular formula is C23H23BrN4O4. The van der Waals surface area contributed by atoms with E-state index in [-0.39, 0.29) is 0 Å². The molecule has 0 amide bonds. The number of allylic oxidation sites excluding steroid dienone is 1. The predicted octanol–water partition coefficient (Wildman–Crippen LogP) is 4.40. The lowest BCUT2D eigenvalue weighted by molar-refractivity contribution is -0.136. The summed E-state index contributed by atoms with van der Waals surface area (Å²) in [6, 6.07) is 11.3. The molecule has 0 aliphatic carbocycles. The molecule has 32 heavy (non-hydrogen) atoms. The fourth-order valence-corrected chi connectivity index (χ4v) is 4.23. The van der Waals surface area contributed by atoms with Gasteiger partial charge in [-0.2, -0.15) is 10.1 Å². The Kier molecular flexibility index (Phi) is 6.18. The van der Waals surface area contributed by atoms with Gasteiger partial charge < -0.3 is 19.5 Å². The number of hydrogen-bond acceptors (Lipinski definition) is 7. The highest BCUT2D eigenvalue weighted by Gasteiger charge is 2.35. The van der Waals surface area contributed by atoms with Crippen molar-refractivity contribution in [1.29, 1.82) is 0 Å². The van der Waals surface area contributed by atoms with E-state index in [1.165, 1.54) is 19.0 Å². The first-order valence-electron chi connectivity index (χ1n) is 9.94. The molecule has 1 aliphatic rings. The number of ether oxygens (including phenoxy) is 3. The number of hydrogen-bond donors (Lipinski definition) is 1. The van der Waals surface area contributed by atoms with Gasteiger partial charge in [0.15, 0.2) is 11.5 Å². The number of anilines is 1. The molecule has 1 aliphatic heterocycles. The summed E-state index contributed by atoms with van der Waals surface area (Å²) in [5.41, 5.74) is 4.09. The van der Waals surface area contributed by atoms with Crippen molar-refractivity contribution in [3.63, 3.8) is 0 Å². The number of rotatable bonds is 6. The molecule has 0 fully saturated rings. The molecule has 166 valence electrons. The van der Waals surface area contributed by atoms with Crippen molar-refractivity contribution in [3.05, 3.63) is 75.2 Å². The molecule has 1 atom stereocenters. The molecule has 2 aromatic carbocycles. The van der Waals surface area contributed by atoms with Crippen LogP contribution in [0.3, 0.4) is 0 Å². The summed E-state index contributed by atoms with van der Waals surface area (Å²) < 4.78 is 19.1. The Hall–Kier alpha value is -3.33. The summed E-state index contributed by atoms with van der Waals surface area (Å²) in [4.78, 5) is 16.9. The van der Waals surface area contributed by atoms with Crippen LogP contribution in [0.15, 0.2) is 58.5 Å². The van der Waals surface area contributed by atoms with Gasteiger partial charge in [0.1, 0.15) is 19.0 Å². The topological polar surface area (TPSA) is 87.5 Å². The second-order valence-corrected chi connectivity index (χ2v) is 8.25. The standard InChI is InChI=1S/C23H23BrN4O4/c1-13-5-7-15(8-6-13)11-32-21-17(24)9-16(10-18(21)30-3)20-19(22(29)31-4)14(2)27-23-25-12-26-28(20)23/h5-10,12,20H,11H2,1-4H3,(H,25,26,27)/t20-/m1/s1. The number of halogens is 1.